The topological polar surface area (TPSA) is 72.5 Å². The van der Waals surface area contributed by atoms with Crippen molar-refractivity contribution in [2.24, 2.45) is 4.99 Å². The van der Waals surface area contributed by atoms with E-state index in [0.29, 0.717) is 11.3 Å². The van der Waals surface area contributed by atoms with Crippen molar-refractivity contribution in [2.75, 3.05) is 7.11 Å². The van der Waals surface area contributed by atoms with Crippen molar-refractivity contribution in [3.63, 3.8) is 0 Å². The number of methoxy groups -OCH3 is 1. The van der Waals surface area contributed by atoms with Crippen LogP contribution in [-0.2, 0) is 0 Å². The second-order valence-corrected chi connectivity index (χ2v) is 6.15. The molecular formula is C21H18N4O2. The number of benzene rings is 3. The van der Waals surface area contributed by atoms with E-state index < -0.39 is 0 Å². The molecule has 0 amide bonds. The van der Waals surface area contributed by atoms with E-state index in [0.717, 1.165) is 22.4 Å². The highest BCUT2D eigenvalue weighted by atomic mass is 16.5. The van der Waals surface area contributed by atoms with E-state index in [9.17, 15) is 5.11 Å². The largest absolute Gasteiger partial charge is 0.504 e. The number of hydrogen-bond donors (Lipinski definition) is 1. The van der Waals surface area contributed by atoms with Gasteiger partial charge in [0.2, 0.25) is 0 Å². The van der Waals surface area contributed by atoms with E-state index in [1.54, 1.807) is 29.2 Å². The average molecular weight is 358 g/mol. The lowest BCUT2D eigenvalue weighted by Crippen LogP contribution is -1.97. The maximum atomic E-state index is 10.1. The smallest absolute Gasteiger partial charge is 0.166 e. The Morgan fingerprint density at radius 3 is 2.56 bits per heavy atom. The van der Waals surface area contributed by atoms with Crippen LogP contribution in [0, 0.1) is 6.92 Å². The molecule has 0 fully saturated rings. The van der Waals surface area contributed by atoms with Crippen LogP contribution in [0.4, 0.5) is 5.69 Å². The monoisotopic (exact) mass is 358 g/mol. The molecule has 4 rings (SSSR count). The minimum Gasteiger partial charge on any atom is -0.504 e. The van der Waals surface area contributed by atoms with Crippen molar-refractivity contribution in [2.45, 2.75) is 6.92 Å². The number of aromatic hydroxyl groups is 1. The molecule has 0 unspecified atom stereocenters. The number of aryl methyl sites for hydroxylation is 1. The molecule has 6 nitrogen and oxygen atoms in total. The minimum absolute atomic E-state index is 0.0649. The zero-order valence-electron chi connectivity index (χ0n) is 15.0. The van der Waals surface area contributed by atoms with Gasteiger partial charge in [0.25, 0.3) is 0 Å². The number of rotatable bonds is 4. The Morgan fingerprint density at radius 1 is 1.00 bits per heavy atom. The standard InChI is InChI=1S/C21H18N4O2/c1-14-6-9-17(10-7-14)25-23-18-11-8-16(12-19(18)24-25)22-13-15-4-3-5-20(27-2)21(15)26/h3-13,26H,1-2H3. The van der Waals surface area contributed by atoms with E-state index in [4.69, 9.17) is 4.74 Å². The third-order valence-electron chi connectivity index (χ3n) is 4.23. The van der Waals surface area contributed by atoms with Gasteiger partial charge in [-0.3, -0.25) is 4.99 Å². The lowest BCUT2D eigenvalue weighted by atomic mass is 10.2. The SMILES string of the molecule is COc1cccc(C=Nc2ccc3nn(-c4ccc(C)cc4)nc3c2)c1O. The highest BCUT2D eigenvalue weighted by Gasteiger charge is 2.07. The van der Waals surface area contributed by atoms with E-state index in [1.165, 1.54) is 12.7 Å². The predicted molar refractivity (Wildman–Crippen MR) is 106 cm³/mol. The van der Waals surface area contributed by atoms with Crippen molar-refractivity contribution in [1.29, 1.82) is 0 Å². The Morgan fingerprint density at radius 2 is 1.78 bits per heavy atom. The van der Waals surface area contributed by atoms with Gasteiger partial charge in [-0.2, -0.15) is 4.80 Å². The number of phenolic OH excluding ortho intramolecular Hbond substituents is 1. The van der Waals surface area contributed by atoms with Gasteiger partial charge in [0.15, 0.2) is 11.5 Å². The average Bonchev–Trinajstić information content (AvgIpc) is 3.11. The molecule has 4 aromatic rings. The molecule has 0 radical (unpaired) electrons. The third kappa shape index (κ3) is 3.37. The summed E-state index contributed by atoms with van der Waals surface area (Å²) in [6.45, 7) is 2.04. The molecule has 1 aromatic heterocycles. The van der Waals surface area contributed by atoms with E-state index in [-0.39, 0.29) is 5.75 Å². The molecule has 134 valence electrons. The lowest BCUT2D eigenvalue weighted by molar-refractivity contribution is 0.373. The predicted octanol–water partition coefficient (Wildman–Crippen LogP) is 4.19. The number of aromatic nitrogens is 3. The number of nitrogens with zero attached hydrogens (tertiary/aromatic N) is 4. The Balaban J connectivity index is 1.65. The summed E-state index contributed by atoms with van der Waals surface area (Å²) in [7, 11) is 1.52. The van der Waals surface area contributed by atoms with E-state index in [2.05, 4.69) is 15.2 Å². The summed E-state index contributed by atoms with van der Waals surface area (Å²) < 4.78 is 5.11. The summed E-state index contributed by atoms with van der Waals surface area (Å²) in [5, 5.41) is 19.2. The van der Waals surface area contributed by atoms with Crippen LogP contribution in [0.3, 0.4) is 0 Å². The van der Waals surface area contributed by atoms with Crippen LogP contribution in [-0.4, -0.2) is 33.4 Å². The molecule has 0 aliphatic carbocycles. The molecule has 0 aliphatic rings. The van der Waals surface area contributed by atoms with Crippen LogP contribution in [0.15, 0.2) is 65.7 Å². The van der Waals surface area contributed by atoms with Crippen LogP contribution < -0.4 is 4.74 Å². The first-order chi connectivity index (χ1) is 13.1. The normalized spacial score (nSPS) is 11.3. The fourth-order valence-corrected chi connectivity index (χ4v) is 2.73. The summed E-state index contributed by atoms with van der Waals surface area (Å²) in [4.78, 5) is 6.06. The summed E-state index contributed by atoms with van der Waals surface area (Å²) in [5.74, 6) is 0.477. The van der Waals surface area contributed by atoms with Crippen molar-refractivity contribution in [1.82, 2.24) is 15.0 Å². The van der Waals surface area contributed by atoms with Gasteiger partial charge in [0.1, 0.15) is 11.0 Å². The number of ether oxygens (including phenoxy) is 1. The minimum atomic E-state index is 0.0649. The van der Waals surface area contributed by atoms with E-state index in [1.807, 2.05) is 49.4 Å². The van der Waals surface area contributed by atoms with Gasteiger partial charge in [-0.1, -0.05) is 23.8 Å². The molecule has 6 heteroatoms. The van der Waals surface area contributed by atoms with Gasteiger partial charge in [-0.05, 0) is 49.4 Å². The molecule has 1 N–H and O–H groups in total. The van der Waals surface area contributed by atoms with Crippen LogP contribution in [0.25, 0.3) is 16.7 Å². The van der Waals surface area contributed by atoms with Gasteiger partial charge in [0, 0.05) is 11.8 Å². The van der Waals surface area contributed by atoms with E-state index >= 15 is 0 Å². The maximum Gasteiger partial charge on any atom is 0.166 e. The first kappa shape index (κ1) is 16.8. The number of hydrogen-bond acceptors (Lipinski definition) is 5. The second-order valence-electron chi connectivity index (χ2n) is 6.15. The number of fused-ring (bicyclic) bond motifs is 1. The Labute approximate surface area is 156 Å². The van der Waals surface area contributed by atoms with Crippen molar-refractivity contribution >= 4 is 22.9 Å². The van der Waals surface area contributed by atoms with Crippen LogP contribution in [0.1, 0.15) is 11.1 Å². The van der Waals surface area contributed by atoms with Gasteiger partial charge in [-0.25, -0.2) is 0 Å². The number of para-hydroxylation sites is 1. The van der Waals surface area contributed by atoms with Crippen LogP contribution >= 0.6 is 0 Å². The van der Waals surface area contributed by atoms with Crippen molar-refractivity contribution in [3.8, 4) is 17.2 Å². The first-order valence-corrected chi connectivity index (χ1v) is 8.48. The quantitative estimate of drug-likeness (QED) is 0.555. The lowest BCUT2D eigenvalue weighted by Gasteiger charge is -2.04. The van der Waals surface area contributed by atoms with Gasteiger partial charge in [0.05, 0.1) is 18.5 Å². The molecule has 0 bridgehead atoms. The van der Waals surface area contributed by atoms with Gasteiger partial charge >= 0.3 is 0 Å². The second kappa shape index (κ2) is 6.92. The van der Waals surface area contributed by atoms with Crippen LogP contribution in [0.2, 0.25) is 0 Å². The molecular weight excluding hydrogens is 340 g/mol. The zero-order chi connectivity index (χ0) is 18.8. The van der Waals surface area contributed by atoms with Crippen LogP contribution in [0.5, 0.6) is 11.5 Å². The fourth-order valence-electron chi connectivity index (χ4n) is 2.73. The molecule has 0 saturated heterocycles. The summed E-state index contributed by atoms with van der Waals surface area (Å²) >= 11 is 0. The Hall–Kier alpha value is -3.67. The van der Waals surface area contributed by atoms with Crippen molar-refractivity contribution < 1.29 is 9.84 Å². The molecule has 3 aromatic carbocycles. The molecule has 0 saturated carbocycles. The van der Waals surface area contributed by atoms with Gasteiger partial charge < -0.3 is 9.84 Å². The number of aliphatic imine (C=N–C) groups is 1. The van der Waals surface area contributed by atoms with Gasteiger partial charge in [-0.15, -0.1) is 10.2 Å². The first-order valence-electron chi connectivity index (χ1n) is 8.48. The Bertz CT molecular complexity index is 1130. The zero-order valence-corrected chi connectivity index (χ0v) is 15.0. The third-order valence-corrected chi connectivity index (χ3v) is 4.23. The molecule has 0 atom stereocenters. The molecule has 27 heavy (non-hydrogen) atoms. The van der Waals surface area contributed by atoms with Crippen molar-refractivity contribution in [3.05, 3.63) is 71.8 Å². The summed E-state index contributed by atoms with van der Waals surface area (Å²) in [5.41, 5.74) is 4.94. The molecule has 0 aliphatic heterocycles. The number of phenols is 1. The highest BCUT2D eigenvalue weighted by molar-refractivity contribution is 5.87. The fraction of sp³-hybridized carbons (Fsp3) is 0.0952. The maximum absolute atomic E-state index is 10.1. The summed E-state index contributed by atoms with van der Waals surface area (Å²) in [6, 6.07) is 18.9. The molecule has 0 spiro atoms. The highest BCUT2D eigenvalue weighted by Crippen LogP contribution is 2.28. The Kier molecular flexibility index (Phi) is 4.30. The summed E-state index contributed by atoms with van der Waals surface area (Å²) in [6.07, 6.45) is 1.60. The molecule has 1 heterocycles.